The number of hydrogen-bond acceptors (Lipinski definition) is 12. The highest BCUT2D eigenvalue weighted by molar-refractivity contribution is 6.93. The van der Waals surface area contributed by atoms with Crippen molar-refractivity contribution in [2.24, 2.45) is 0 Å². The molecule has 51 heavy (non-hydrogen) atoms. The molecule has 0 unspecified atom stereocenters. The molecule has 25 heteroatoms. The third kappa shape index (κ3) is 25.3. The molecular weight excluding hydrogens is 869 g/mol. The summed E-state index contributed by atoms with van der Waals surface area (Å²) in [5.74, 6) is 0. The topological polar surface area (TPSA) is 111 Å². The van der Waals surface area contributed by atoms with Gasteiger partial charge in [-0.05, 0) is 170 Å². The Morgan fingerprint density at radius 3 is 0.392 bits per heavy atom. The summed E-state index contributed by atoms with van der Waals surface area (Å²) in [6.07, 6.45) is 0. The predicted molar refractivity (Wildman–Crippen MR) is 240 cm³/mol. The molecule has 0 spiro atoms. The van der Waals surface area contributed by atoms with E-state index in [0.29, 0.717) is 0 Å². The third-order valence-corrected chi connectivity index (χ3v) is 52.3. The first kappa shape index (κ1) is 53.3. The Morgan fingerprint density at radius 1 is 0.196 bits per heavy atom. The van der Waals surface area contributed by atoms with Crippen molar-refractivity contribution in [1.29, 1.82) is 0 Å². The van der Waals surface area contributed by atoms with Crippen LogP contribution in [0.1, 0.15) is 0 Å². The van der Waals surface area contributed by atoms with Gasteiger partial charge in [-0.3, -0.25) is 0 Å². The minimum atomic E-state index is -2.72. The van der Waals surface area contributed by atoms with E-state index in [2.05, 4.69) is 170 Å². The Hall–Kier alpha value is 2.34. The van der Waals surface area contributed by atoms with E-state index in [-0.39, 0.29) is 0 Å². The first-order valence-electron chi connectivity index (χ1n) is 17.9. The monoisotopic (exact) mass is 946 g/mol. The predicted octanol–water partition coefficient (Wildman–Crippen LogP) is 9.41. The second-order valence-electron chi connectivity index (χ2n) is 18.4. The van der Waals surface area contributed by atoms with Gasteiger partial charge >= 0.3 is 94.2 Å². The molecule has 0 aromatic carbocycles. The molecule has 12 nitrogen and oxygen atoms in total. The summed E-state index contributed by atoms with van der Waals surface area (Å²) >= 11 is 0. The highest BCUT2D eigenvalue weighted by Gasteiger charge is 2.51. The van der Waals surface area contributed by atoms with Crippen LogP contribution in [0.15, 0.2) is 0 Å². The summed E-state index contributed by atoms with van der Waals surface area (Å²) in [6, 6.07) is 0. The minimum absolute atomic E-state index is 0.876. The van der Waals surface area contributed by atoms with Crippen molar-refractivity contribution in [1.82, 2.24) is 0 Å². The fraction of sp³-hybridized carbons (Fsp3) is 1.00. The standard InChI is InChI=1S/C26H78O12Si13/c1-39(2)27-41(5,6)29-43(9,10)31-45(13,14)33-47(17,18)35-49(21,22)37-51(25,26)38-50(23,24)36-48(19,20)34-46(15,16)32-44(11,12)30-42(7,8)28-40(3)4/h1-26H3. The van der Waals surface area contributed by atoms with E-state index < -0.39 is 112 Å². The average molecular weight is 948 g/mol. The van der Waals surface area contributed by atoms with Crippen molar-refractivity contribution in [3.63, 3.8) is 0 Å². The molecule has 0 aromatic heterocycles. The molecule has 0 aliphatic carbocycles. The van der Waals surface area contributed by atoms with Crippen LogP contribution >= 0.6 is 0 Å². The molecular formula is C26H78O12Si13. The number of hydrogen-bond donors (Lipinski definition) is 0. The number of rotatable bonds is 24. The van der Waals surface area contributed by atoms with Crippen LogP contribution in [0.3, 0.4) is 0 Å². The summed E-state index contributed by atoms with van der Waals surface area (Å²) in [5.41, 5.74) is 0. The quantitative estimate of drug-likeness (QED) is 0.0861. The smallest absolute Gasteiger partial charge is 0.314 e. The summed E-state index contributed by atoms with van der Waals surface area (Å²) in [7, 11) is -30.2. The molecule has 0 atom stereocenters. The van der Waals surface area contributed by atoms with Crippen LogP contribution < -0.4 is 0 Å². The second kappa shape index (κ2) is 18.5. The maximum Gasteiger partial charge on any atom is 0.314 e. The van der Waals surface area contributed by atoms with Gasteiger partial charge in [-0.25, -0.2) is 0 Å². The van der Waals surface area contributed by atoms with E-state index >= 15 is 0 Å². The van der Waals surface area contributed by atoms with Crippen LogP contribution in [0.5, 0.6) is 0 Å². The molecule has 0 saturated carbocycles. The molecule has 0 rings (SSSR count). The molecule has 0 heterocycles. The van der Waals surface area contributed by atoms with Gasteiger partial charge in [0.2, 0.25) is 0 Å². The van der Waals surface area contributed by atoms with Crippen LogP contribution in [-0.2, 0) is 49.4 Å². The van der Waals surface area contributed by atoms with Crippen LogP contribution in [0.4, 0.5) is 0 Å². The second-order valence-corrected chi connectivity index (χ2v) is 62.7. The largest absolute Gasteiger partial charge is 0.437 e. The Balaban J connectivity index is 5.56. The first-order chi connectivity index (χ1) is 21.9. The van der Waals surface area contributed by atoms with Crippen LogP contribution in [0.2, 0.25) is 170 Å². The van der Waals surface area contributed by atoms with Gasteiger partial charge in [0, 0.05) is 0 Å². The molecule has 0 bridgehead atoms. The molecule has 2 radical (unpaired) electrons. The van der Waals surface area contributed by atoms with Crippen LogP contribution in [0.25, 0.3) is 0 Å². The lowest BCUT2D eigenvalue weighted by Gasteiger charge is -2.45. The highest BCUT2D eigenvalue weighted by Crippen LogP contribution is 2.31. The Morgan fingerprint density at radius 2 is 0.294 bits per heavy atom. The highest BCUT2D eigenvalue weighted by atomic mass is 28.5. The molecule has 0 amide bonds. The Bertz CT molecular complexity index is 1020. The molecule has 306 valence electrons. The summed E-state index contributed by atoms with van der Waals surface area (Å²) in [5, 5.41) is 0. The van der Waals surface area contributed by atoms with Crippen molar-refractivity contribution in [3.05, 3.63) is 0 Å². The lowest BCUT2D eigenvalue weighted by Crippen LogP contribution is -2.62. The summed E-state index contributed by atoms with van der Waals surface area (Å²) in [4.78, 5) is 0. The maximum atomic E-state index is 6.81. The normalized spacial score (nSPS) is 15.8. The van der Waals surface area contributed by atoms with Gasteiger partial charge in [0.15, 0.2) is 18.1 Å². The average Bonchev–Trinajstić information content (AvgIpc) is 2.60. The zero-order valence-corrected chi connectivity index (χ0v) is 50.4. The van der Waals surface area contributed by atoms with E-state index in [4.69, 9.17) is 49.4 Å². The zero-order chi connectivity index (χ0) is 41.1. The Labute approximate surface area is 329 Å². The van der Waals surface area contributed by atoms with E-state index in [0.717, 1.165) is 0 Å². The molecule has 0 fully saturated rings. The molecule has 0 aromatic rings. The lowest BCUT2D eigenvalue weighted by atomic mass is 11.9. The molecule has 0 saturated heterocycles. The molecule has 0 aliphatic rings. The van der Waals surface area contributed by atoms with Gasteiger partial charge in [0.05, 0.1) is 0 Å². The van der Waals surface area contributed by atoms with Gasteiger partial charge in [-0.15, -0.1) is 0 Å². The van der Waals surface area contributed by atoms with Gasteiger partial charge in [0.25, 0.3) is 0 Å². The van der Waals surface area contributed by atoms with E-state index in [9.17, 15) is 0 Å². The SMILES string of the molecule is C[Si](C)O[Si](C)(C)O[Si](C)(C)O[Si](C)(C)O[Si](C)(C)O[Si](C)(C)O[Si](C)(C)O[Si](C)(C)O[Si](C)(C)O[Si](C)(C)O[Si](C)(C)O[Si](C)(C)O[Si](C)C. The minimum Gasteiger partial charge on any atom is -0.437 e. The van der Waals surface area contributed by atoms with Crippen molar-refractivity contribution < 1.29 is 49.4 Å². The molecule has 0 aliphatic heterocycles. The van der Waals surface area contributed by atoms with Gasteiger partial charge in [-0.2, -0.15) is 0 Å². The van der Waals surface area contributed by atoms with E-state index in [1.54, 1.807) is 0 Å². The van der Waals surface area contributed by atoms with E-state index in [1.165, 1.54) is 0 Å². The summed E-state index contributed by atoms with van der Waals surface area (Å²) < 4.78 is 79.6. The van der Waals surface area contributed by atoms with Crippen molar-refractivity contribution in [3.8, 4) is 0 Å². The van der Waals surface area contributed by atoms with Crippen molar-refractivity contribution in [2.45, 2.75) is 170 Å². The zero-order valence-electron chi connectivity index (χ0n) is 37.4. The summed E-state index contributed by atoms with van der Waals surface area (Å²) in [6.45, 7) is 54.1. The fourth-order valence-electron chi connectivity index (χ4n) is 7.13. The first-order valence-corrected chi connectivity index (χ1v) is 53.7. The van der Waals surface area contributed by atoms with Gasteiger partial charge in [-0.1, -0.05) is 0 Å². The fourth-order valence-corrected chi connectivity index (χ4v) is 68.3. The third-order valence-electron chi connectivity index (χ3n) is 5.82. The van der Waals surface area contributed by atoms with E-state index in [1.807, 2.05) is 0 Å². The van der Waals surface area contributed by atoms with Crippen molar-refractivity contribution >= 4 is 112 Å². The van der Waals surface area contributed by atoms with Gasteiger partial charge < -0.3 is 49.4 Å². The Kier molecular flexibility index (Phi) is 19.4. The van der Waals surface area contributed by atoms with Gasteiger partial charge in [0.1, 0.15) is 0 Å². The molecule has 0 N–H and O–H groups in total. The van der Waals surface area contributed by atoms with Crippen LogP contribution in [-0.4, -0.2) is 112 Å². The lowest BCUT2D eigenvalue weighted by molar-refractivity contribution is 0.253. The van der Waals surface area contributed by atoms with Crippen LogP contribution in [0, 0.1) is 0 Å². The van der Waals surface area contributed by atoms with Crippen molar-refractivity contribution in [2.75, 3.05) is 0 Å². The maximum absolute atomic E-state index is 6.81.